The smallest absolute Gasteiger partial charge is 0.145 e. The van der Waals surface area contributed by atoms with Gasteiger partial charge in [0.1, 0.15) is 11.2 Å². The zero-order chi connectivity index (χ0) is 29.9. The third-order valence-corrected chi connectivity index (χ3v) is 10.5. The van der Waals surface area contributed by atoms with Gasteiger partial charge in [-0.2, -0.15) is 0 Å². The monoisotopic (exact) mass is 595 g/mol. The molecule has 0 fully saturated rings. The standard InChI is InChI=1S/C42H29NOS/c1-27-10-6-7-23-43(37-21-20-35-33-15-2-4-17-38(33)44-42(35)41(27)37)32-14-9-13-30(25-32)28-11-8-12-29(24-28)31-19-22-40-36(26-31)34-16-3-5-18-39(34)45-40/h2-26,36,40H,1H2/b10-6-,23-7-. The zero-order valence-corrected chi connectivity index (χ0v) is 25.4. The molecule has 3 heteroatoms. The molecule has 5 aromatic carbocycles. The van der Waals surface area contributed by atoms with Crippen molar-refractivity contribution in [2.45, 2.75) is 16.1 Å². The maximum Gasteiger partial charge on any atom is 0.145 e. The SMILES string of the molecule is C=C1/C=C\C=C/N(c2cccc(-c3cccc(C4=CC5c6ccccc6SC5C=C4)c3)c2)c2ccc3c(oc4ccccc43)c21. The summed E-state index contributed by atoms with van der Waals surface area (Å²) in [4.78, 5) is 3.64. The Morgan fingerprint density at radius 1 is 0.711 bits per heavy atom. The van der Waals surface area contributed by atoms with Crippen LogP contribution in [0, 0.1) is 0 Å². The van der Waals surface area contributed by atoms with Crippen molar-refractivity contribution in [3.8, 4) is 11.1 Å². The minimum absolute atomic E-state index is 0.416. The summed E-state index contributed by atoms with van der Waals surface area (Å²) < 4.78 is 6.45. The molecule has 0 saturated carbocycles. The molecule has 9 rings (SSSR count). The summed E-state index contributed by atoms with van der Waals surface area (Å²) in [5.74, 6) is 0.416. The van der Waals surface area contributed by atoms with Crippen LogP contribution in [-0.2, 0) is 0 Å². The van der Waals surface area contributed by atoms with E-state index in [0.717, 1.165) is 44.4 Å². The number of thioether (sulfide) groups is 1. The highest BCUT2D eigenvalue weighted by atomic mass is 32.2. The molecular weight excluding hydrogens is 567 g/mol. The Morgan fingerprint density at radius 2 is 1.53 bits per heavy atom. The van der Waals surface area contributed by atoms with Crippen LogP contribution in [0.2, 0.25) is 0 Å². The Morgan fingerprint density at radius 3 is 2.49 bits per heavy atom. The number of rotatable bonds is 3. The van der Waals surface area contributed by atoms with Gasteiger partial charge in [-0.25, -0.2) is 0 Å². The van der Waals surface area contributed by atoms with E-state index in [9.17, 15) is 0 Å². The van der Waals surface area contributed by atoms with E-state index in [4.69, 9.17) is 4.42 Å². The summed E-state index contributed by atoms with van der Waals surface area (Å²) in [5, 5.41) is 2.70. The van der Waals surface area contributed by atoms with Crippen molar-refractivity contribution >= 4 is 56.2 Å². The fourth-order valence-electron chi connectivity index (χ4n) is 6.94. The van der Waals surface area contributed by atoms with Gasteiger partial charge in [-0.15, -0.1) is 11.8 Å². The number of hydrogen-bond acceptors (Lipinski definition) is 3. The molecule has 2 unspecified atom stereocenters. The van der Waals surface area contributed by atoms with Gasteiger partial charge >= 0.3 is 0 Å². The minimum Gasteiger partial charge on any atom is -0.455 e. The molecule has 2 aliphatic heterocycles. The van der Waals surface area contributed by atoms with E-state index in [1.54, 1.807) is 0 Å². The van der Waals surface area contributed by atoms with Crippen molar-refractivity contribution in [3.05, 3.63) is 175 Å². The molecule has 0 amide bonds. The van der Waals surface area contributed by atoms with Gasteiger partial charge in [0, 0.05) is 44.3 Å². The topological polar surface area (TPSA) is 16.4 Å². The Balaban J connectivity index is 1.11. The summed E-state index contributed by atoms with van der Waals surface area (Å²) >= 11 is 1.97. The third-order valence-electron chi connectivity index (χ3n) is 9.12. The highest BCUT2D eigenvalue weighted by Crippen LogP contribution is 2.50. The average Bonchev–Trinajstić information content (AvgIpc) is 3.65. The second-order valence-electron chi connectivity index (χ2n) is 11.8. The van der Waals surface area contributed by atoms with E-state index in [-0.39, 0.29) is 0 Å². The van der Waals surface area contributed by atoms with Gasteiger partial charge in [0.15, 0.2) is 0 Å². The Labute approximate surface area is 267 Å². The van der Waals surface area contributed by atoms with Crippen molar-refractivity contribution in [2.75, 3.05) is 4.90 Å². The summed E-state index contributed by atoms with van der Waals surface area (Å²) in [6.07, 6.45) is 15.4. The quantitative estimate of drug-likeness (QED) is 0.202. The highest BCUT2D eigenvalue weighted by Gasteiger charge is 2.32. The Bertz CT molecular complexity index is 2300. The van der Waals surface area contributed by atoms with Crippen LogP contribution in [0.1, 0.15) is 22.6 Å². The van der Waals surface area contributed by atoms with Gasteiger partial charge in [-0.3, -0.25) is 0 Å². The molecule has 3 aliphatic rings. The molecule has 1 aliphatic carbocycles. The van der Waals surface area contributed by atoms with Crippen LogP contribution in [0.3, 0.4) is 0 Å². The van der Waals surface area contributed by atoms with Crippen molar-refractivity contribution in [1.82, 2.24) is 0 Å². The third kappa shape index (κ3) is 4.34. The number of allylic oxidation sites excluding steroid dienone is 7. The molecule has 6 aromatic rings. The van der Waals surface area contributed by atoms with Gasteiger partial charge in [-0.1, -0.05) is 104 Å². The molecular formula is C42H29NOS. The molecule has 0 spiro atoms. The first-order chi connectivity index (χ1) is 22.2. The zero-order valence-electron chi connectivity index (χ0n) is 24.6. The van der Waals surface area contributed by atoms with Crippen molar-refractivity contribution < 1.29 is 4.42 Å². The summed E-state index contributed by atoms with van der Waals surface area (Å²) in [7, 11) is 0. The number of para-hydroxylation sites is 1. The van der Waals surface area contributed by atoms with E-state index in [2.05, 4.69) is 145 Å². The van der Waals surface area contributed by atoms with Crippen molar-refractivity contribution in [3.63, 3.8) is 0 Å². The van der Waals surface area contributed by atoms with E-state index in [1.165, 1.54) is 32.7 Å². The average molecular weight is 596 g/mol. The van der Waals surface area contributed by atoms with Gasteiger partial charge in [0.05, 0.1) is 5.69 Å². The molecule has 214 valence electrons. The molecule has 45 heavy (non-hydrogen) atoms. The minimum atomic E-state index is 0.416. The van der Waals surface area contributed by atoms with Gasteiger partial charge < -0.3 is 9.32 Å². The van der Waals surface area contributed by atoms with Crippen LogP contribution in [0.4, 0.5) is 11.4 Å². The van der Waals surface area contributed by atoms with Gasteiger partial charge in [-0.05, 0) is 81.9 Å². The number of furan rings is 1. The lowest BCUT2D eigenvalue weighted by atomic mass is 9.87. The lowest BCUT2D eigenvalue weighted by molar-refractivity contribution is 0.668. The number of hydrogen-bond donors (Lipinski definition) is 0. The van der Waals surface area contributed by atoms with E-state index < -0.39 is 0 Å². The highest BCUT2D eigenvalue weighted by molar-refractivity contribution is 8.00. The molecule has 0 N–H and O–H groups in total. The van der Waals surface area contributed by atoms with Crippen LogP contribution in [0.15, 0.2) is 168 Å². The molecule has 2 nitrogen and oxygen atoms in total. The number of anilines is 2. The predicted molar refractivity (Wildman–Crippen MR) is 191 cm³/mol. The predicted octanol–water partition coefficient (Wildman–Crippen LogP) is 11.7. The van der Waals surface area contributed by atoms with Crippen LogP contribution >= 0.6 is 11.8 Å². The largest absolute Gasteiger partial charge is 0.455 e. The van der Waals surface area contributed by atoms with Crippen LogP contribution < -0.4 is 4.90 Å². The second kappa shape index (κ2) is 10.4. The van der Waals surface area contributed by atoms with E-state index in [1.807, 2.05) is 30.0 Å². The summed E-state index contributed by atoms with van der Waals surface area (Å²) in [6.45, 7) is 4.44. The van der Waals surface area contributed by atoms with Crippen molar-refractivity contribution in [2.24, 2.45) is 0 Å². The number of fused-ring (bicyclic) bond motifs is 8. The first kappa shape index (κ1) is 26.2. The van der Waals surface area contributed by atoms with Gasteiger partial charge in [0.2, 0.25) is 0 Å². The first-order valence-electron chi connectivity index (χ1n) is 15.4. The number of nitrogens with zero attached hydrogens (tertiary/aromatic N) is 1. The molecule has 2 atom stereocenters. The maximum absolute atomic E-state index is 6.45. The van der Waals surface area contributed by atoms with E-state index in [0.29, 0.717) is 11.2 Å². The molecule has 0 saturated heterocycles. The molecule has 3 heterocycles. The molecule has 0 bridgehead atoms. The lowest BCUT2D eigenvalue weighted by Gasteiger charge is -2.25. The summed E-state index contributed by atoms with van der Waals surface area (Å²) in [5.41, 5.74) is 12.1. The van der Waals surface area contributed by atoms with Crippen LogP contribution in [0.25, 0.3) is 44.2 Å². The van der Waals surface area contributed by atoms with Crippen LogP contribution in [0.5, 0.6) is 0 Å². The molecule has 1 aromatic heterocycles. The Hall–Kier alpha value is -5.25. The molecule has 0 radical (unpaired) electrons. The number of benzene rings is 5. The normalized spacial score (nSPS) is 19.9. The summed E-state index contributed by atoms with van der Waals surface area (Å²) in [6, 6.07) is 39.1. The second-order valence-corrected chi connectivity index (χ2v) is 13.0. The van der Waals surface area contributed by atoms with Gasteiger partial charge in [0.25, 0.3) is 0 Å². The first-order valence-corrected chi connectivity index (χ1v) is 16.2. The maximum atomic E-state index is 6.45. The Kier molecular flexibility index (Phi) is 6.07. The van der Waals surface area contributed by atoms with Crippen molar-refractivity contribution in [1.29, 1.82) is 0 Å². The lowest BCUT2D eigenvalue weighted by Crippen LogP contribution is -2.11. The van der Waals surface area contributed by atoms with E-state index >= 15 is 0 Å². The fourth-order valence-corrected chi connectivity index (χ4v) is 8.26. The van der Waals surface area contributed by atoms with Crippen LogP contribution in [-0.4, -0.2) is 5.25 Å². The fraction of sp³-hybridized carbons (Fsp3) is 0.0476.